The van der Waals surface area contributed by atoms with Crippen molar-refractivity contribution in [2.75, 3.05) is 13.1 Å². The molecule has 1 aromatic carbocycles. The Labute approximate surface area is 130 Å². The lowest BCUT2D eigenvalue weighted by Crippen LogP contribution is -2.40. The van der Waals surface area contributed by atoms with Gasteiger partial charge in [-0.25, -0.2) is 0 Å². The number of benzene rings is 1. The van der Waals surface area contributed by atoms with Gasteiger partial charge >= 0.3 is 0 Å². The molecular formula is C17H21ClN2O. The monoisotopic (exact) mass is 304 g/mol. The second kappa shape index (κ2) is 5.72. The fourth-order valence-corrected chi connectivity index (χ4v) is 3.40. The maximum absolute atomic E-state index is 12.1. The summed E-state index contributed by atoms with van der Waals surface area (Å²) in [6.07, 6.45) is 4.15. The Morgan fingerprint density at radius 3 is 2.71 bits per heavy atom. The average Bonchev–Trinajstić information content (AvgIpc) is 2.89. The van der Waals surface area contributed by atoms with E-state index in [0.717, 1.165) is 36.5 Å². The Hall–Kier alpha value is -1.48. The normalized spacial score (nSPS) is 16.9. The molecule has 1 saturated heterocycles. The zero-order valence-corrected chi connectivity index (χ0v) is 13.3. The molecule has 4 heteroatoms. The minimum Gasteiger partial charge on any atom is -0.361 e. The number of nitrogens with zero attached hydrogens (tertiary/aromatic N) is 1. The van der Waals surface area contributed by atoms with E-state index >= 15 is 0 Å². The molecule has 0 saturated carbocycles. The number of rotatable bonds is 2. The van der Waals surface area contributed by atoms with Gasteiger partial charge in [0.1, 0.15) is 0 Å². The second-order valence-electron chi connectivity index (χ2n) is 6.19. The number of aromatic nitrogens is 1. The number of piperidine rings is 1. The molecule has 112 valence electrons. The molecule has 0 bridgehead atoms. The molecule has 1 N–H and O–H groups in total. The van der Waals surface area contributed by atoms with E-state index in [1.807, 2.05) is 36.9 Å². The molecule has 3 rings (SSSR count). The largest absolute Gasteiger partial charge is 0.361 e. The van der Waals surface area contributed by atoms with Crippen molar-refractivity contribution in [1.82, 2.24) is 9.88 Å². The predicted molar refractivity (Wildman–Crippen MR) is 86.7 cm³/mol. The lowest BCUT2D eigenvalue weighted by Gasteiger charge is -2.33. The van der Waals surface area contributed by atoms with Crippen LogP contribution in [0.3, 0.4) is 0 Å². The smallest absolute Gasteiger partial charge is 0.225 e. The number of hydrogen-bond donors (Lipinski definition) is 1. The minimum atomic E-state index is 0.0912. The van der Waals surface area contributed by atoms with Crippen LogP contribution in [0.25, 0.3) is 10.9 Å². The van der Waals surface area contributed by atoms with Gasteiger partial charge in [0.25, 0.3) is 0 Å². The highest BCUT2D eigenvalue weighted by molar-refractivity contribution is 6.31. The van der Waals surface area contributed by atoms with Crippen LogP contribution in [0.4, 0.5) is 0 Å². The number of amides is 1. The summed E-state index contributed by atoms with van der Waals surface area (Å²) in [6, 6.07) is 5.97. The van der Waals surface area contributed by atoms with Crippen molar-refractivity contribution in [3.63, 3.8) is 0 Å². The highest BCUT2D eigenvalue weighted by Crippen LogP contribution is 2.34. The maximum atomic E-state index is 12.1. The molecule has 1 amide bonds. The fourth-order valence-electron chi connectivity index (χ4n) is 3.23. The lowest BCUT2D eigenvalue weighted by atomic mass is 9.89. The lowest BCUT2D eigenvalue weighted by molar-refractivity contribution is -0.135. The highest BCUT2D eigenvalue weighted by atomic mass is 35.5. The first kappa shape index (κ1) is 14.5. The first-order valence-electron chi connectivity index (χ1n) is 7.61. The van der Waals surface area contributed by atoms with Gasteiger partial charge in [-0.3, -0.25) is 4.79 Å². The van der Waals surface area contributed by atoms with Gasteiger partial charge in [0.15, 0.2) is 0 Å². The molecule has 1 aliphatic heterocycles. The molecule has 1 aromatic heterocycles. The summed E-state index contributed by atoms with van der Waals surface area (Å²) in [4.78, 5) is 17.4. The number of fused-ring (bicyclic) bond motifs is 1. The quantitative estimate of drug-likeness (QED) is 0.887. The number of hydrogen-bond acceptors (Lipinski definition) is 1. The fraction of sp³-hybridized carbons (Fsp3) is 0.471. The summed E-state index contributed by atoms with van der Waals surface area (Å²) >= 11 is 6.12. The van der Waals surface area contributed by atoms with Crippen molar-refractivity contribution in [3.05, 3.63) is 35.0 Å². The summed E-state index contributed by atoms with van der Waals surface area (Å²) in [5.74, 6) is 0.872. The average molecular weight is 305 g/mol. The molecule has 0 aliphatic carbocycles. The molecule has 0 unspecified atom stereocenters. The van der Waals surface area contributed by atoms with Gasteiger partial charge in [-0.1, -0.05) is 25.4 Å². The maximum Gasteiger partial charge on any atom is 0.225 e. The van der Waals surface area contributed by atoms with Gasteiger partial charge in [-0.05, 0) is 42.5 Å². The predicted octanol–water partition coefficient (Wildman–Crippen LogP) is 4.18. The van der Waals surface area contributed by atoms with Crippen molar-refractivity contribution in [3.8, 4) is 0 Å². The van der Waals surface area contributed by atoms with Gasteiger partial charge < -0.3 is 9.88 Å². The van der Waals surface area contributed by atoms with Crippen LogP contribution in [0.15, 0.2) is 24.4 Å². The zero-order valence-electron chi connectivity index (χ0n) is 12.5. The molecule has 0 radical (unpaired) electrons. The van der Waals surface area contributed by atoms with Crippen molar-refractivity contribution < 1.29 is 4.79 Å². The number of halogens is 1. The molecule has 3 nitrogen and oxygen atoms in total. The van der Waals surface area contributed by atoms with Gasteiger partial charge in [-0.15, -0.1) is 0 Å². The van der Waals surface area contributed by atoms with Gasteiger partial charge in [-0.2, -0.15) is 0 Å². The van der Waals surface area contributed by atoms with Gasteiger partial charge in [0.2, 0.25) is 5.91 Å². The molecule has 0 spiro atoms. The van der Waals surface area contributed by atoms with Crippen LogP contribution >= 0.6 is 11.6 Å². The highest BCUT2D eigenvalue weighted by Gasteiger charge is 2.26. The van der Waals surface area contributed by atoms with Crippen molar-refractivity contribution >= 4 is 28.4 Å². The first-order chi connectivity index (χ1) is 10.1. The minimum absolute atomic E-state index is 0.0912. The molecule has 2 aromatic rings. The Balaban J connectivity index is 1.77. The Kier molecular flexibility index (Phi) is 3.94. The van der Waals surface area contributed by atoms with E-state index in [1.54, 1.807) is 0 Å². The summed E-state index contributed by atoms with van der Waals surface area (Å²) in [5, 5.41) is 1.99. The van der Waals surface area contributed by atoms with E-state index in [4.69, 9.17) is 11.6 Å². The van der Waals surface area contributed by atoms with Gasteiger partial charge in [0.05, 0.1) is 0 Å². The Morgan fingerprint density at radius 2 is 2.05 bits per heavy atom. The van der Waals surface area contributed by atoms with E-state index in [9.17, 15) is 4.79 Å². The molecular weight excluding hydrogens is 284 g/mol. The van der Waals surface area contributed by atoms with E-state index in [-0.39, 0.29) is 11.8 Å². The van der Waals surface area contributed by atoms with Crippen LogP contribution < -0.4 is 0 Å². The Bertz CT molecular complexity index is 654. The van der Waals surface area contributed by atoms with E-state index in [0.29, 0.717) is 5.92 Å². The van der Waals surface area contributed by atoms with E-state index in [1.165, 1.54) is 10.9 Å². The zero-order chi connectivity index (χ0) is 15.0. The number of carbonyl (C=O) groups is 1. The summed E-state index contributed by atoms with van der Waals surface area (Å²) in [5.41, 5.74) is 2.47. The van der Waals surface area contributed by atoms with Gasteiger partial charge in [0, 0.05) is 41.1 Å². The first-order valence-corrected chi connectivity index (χ1v) is 7.99. The second-order valence-corrected chi connectivity index (χ2v) is 6.62. The van der Waals surface area contributed by atoms with Crippen LogP contribution in [-0.2, 0) is 4.79 Å². The molecule has 1 fully saturated rings. The SMILES string of the molecule is CC(C)C(=O)N1CCC(c2c[nH]c3ccc(Cl)cc23)CC1. The third kappa shape index (κ3) is 2.80. The molecule has 2 heterocycles. The van der Waals surface area contributed by atoms with Crippen LogP contribution in [0.1, 0.15) is 38.2 Å². The van der Waals surface area contributed by atoms with Crippen LogP contribution in [0.2, 0.25) is 5.02 Å². The number of likely N-dealkylation sites (tertiary alicyclic amines) is 1. The van der Waals surface area contributed by atoms with Crippen LogP contribution in [-0.4, -0.2) is 28.9 Å². The number of nitrogens with one attached hydrogen (secondary N) is 1. The topological polar surface area (TPSA) is 36.1 Å². The van der Waals surface area contributed by atoms with Crippen LogP contribution in [0.5, 0.6) is 0 Å². The van der Waals surface area contributed by atoms with Crippen LogP contribution in [0, 0.1) is 5.92 Å². The molecule has 0 atom stereocenters. The third-order valence-corrected chi connectivity index (χ3v) is 4.65. The number of H-pyrrole nitrogens is 1. The van der Waals surface area contributed by atoms with E-state index in [2.05, 4.69) is 11.2 Å². The standard InChI is InChI=1S/C17H21ClN2O/c1-11(2)17(21)20-7-5-12(6-8-20)15-10-19-16-4-3-13(18)9-14(15)16/h3-4,9-12,19H,5-8H2,1-2H3. The van der Waals surface area contributed by atoms with E-state index < -0.39 is 0 Å². The summed E-state index contributed by atoms with van der Waals surface area (Å²) in [6.45, 7) is 5.65. The molecule has 21 heavy (non-hydrogen) atoms. The van der Waals surface area contributed by atoms with Crippen molar-refractivity contribution in [2.24, 2.45) is 5.92 Å². The number of carbonyl (C=O) groups excluding carboxylic acids is 1. The third-order valence-electron chi connectivity index (χ3n) is 4.42. The Morgan fingerprint density at radius 1 is 1.33 bits per heavy atom. The molecule has 1 aliphatic rings. The number of aromatic amines is 1. The van der Waals surface area contributed by atoms with Crippen molar-refractivity contribution in [1.29, 1.82) is 0 Å². The van der Waals surface area contributed by atoms with Crippen molar-refractivity contribution in [2.45, 2.75) is 32.6 Å². The summed E-state index contributed by atoms with van der Waals surface area (Å²) in [7, 11) is 0. The summed E-state index contributed by atoms with van der Waals surface area (Å²) < 4.78 is 0.